The number of halogens is 2. The molecular formula is C28H25Cl2NO5. The normalized spacial score (nSPS) is 15.8. The van der Waals surface area contributed by atoms with Crippen molar-refractivity contribution in [2.24, 2.45) is 0 Å². The van der Waals surface area contributed by atoms with Gasteiger partial charge in [0.1, 0.15) is 18.2 Å². The van der Waals surface area contributed by atoms with Gasteiger partial charge in [-0.25, -0.2) is 0 Å². The van der Waals surface area contributed by atoms with Gasteiger partial charge < -0.3 is 18.9 Å². The van der Waals surface area contributed by atoms with Crippen LogP contribution in [0.25, 0.3) is 6.08 Å². The largest absolute Gasteiger partial charge is 0.493 e. The van der Waals surface area contributed by atoms with Crippen LogP contribution in [-0.2, 0) is 13.0 Å². The van der Waals surface area contributed by atoms with Gasteiger partial charge >= 0.3 is 0 Å². The Balaban J connectivity index is 1.37. The Hall–Kier alpha value is -3.19. The van der Waals surface area contributed by atoms with Crippen molar-refractivity contribution in [1.82, 2.24) is 4.90 Å². The molecule has 6 nitrogen and oxygen atoms in total. The summed E-state index contributed by atoms with van der Waals surface area (Å²) < 4.78 is 23.0. The van der Waals surface area contributed by atoms with Crippen LogP contribution in [0.15, 0.2) is 48.2 Å². The van der Waals surface area contributed by atoms with E-state index in [2.05, 4.69) is 4.90 Å². The molecule has 0 fully saturated rings. The number of ether oxygens (including phenoxy) is 4. The molecule has 186 valence electrons. The monoisotopic (exact) mass is 525 g/mol. The van der Waals surface area contributed by atoms with Gasteiger partial charge in [-0.3, -0.25) is 9.69 Å². The lowest BCUT2D eigenvalue weighted by Crippen LogP contribution is -2.34. The summed E-state index contributed by atoms with van der Waals surface area (Å²) in [6, 6.07) is 13.0. The van der Waals surface area contributed by atoms with Gasteiger partial charge in [-0.05, 0) is 66.4 Å². The molecular weight excluding hydrogens is 501 g/mol. The highest BCUT2D eigenvalue weighted by Crippen LogP contribution is 2.44. The first-order valence-electron chi connectivity index (χ1n) is 11.5. The predicted molar refractivity (Wildman–Crippen MR) is 140 cm³/mol. The highest BCUT2D eigenvalue weighted by Gasteiger charge is 2.35. The fraction of sp³-hybridized carbons (Fsp3) is 0.250. The van der Waals surface area contributed by atoms with E-state index < -0.39 is 0 Å². The number of carbonyl (C=O) groups excluding carboxylic acids is 1. The average Bonchev–Trinajstić information content (AvgIpc) is 3.21. The number of Topliss-reactive ketones (excluding diaryl/α,β-unsaturated/α-hetero) is 1. The molecule has 0 saturated carbocycles. The zero-order valence-electron chi connectivity index (χ0n) is 20.2. The molecule has 0 aromatic heterocycles. The van der Waals surface area contributed by atoms with Crippen molar-refractivity contribution in [3.05, 3.63) is 86.1 Å². The first kappa shape index (κ1) is 24.5. The second kappa shape index (κ2) is 10.1. The van der Waals surface area contributed by atoms with Crippen molar-refractivity contribution >= 4 is 35.1 Å². The first-order chi connectivity index (χ1) is 17.4. The Morgan fingerprint density at radius 1 is 1.03 bits per heavy atom. The predicted octanol–water partition coefficient (Wildman–Crippen LogP) is 6.33. The van der Waals surface area contributed by atoms with Crippen LogP contribution in [-0.4, -0.2) is 38.2 Å². The third-order valence-corrected chi connectivity index (χ3v) is 7.13. The topological polar surface area (TPSA) is 57.2 Å². The molecule has 3 aromatic carbocycles. The Labute approximate surface area is 219 Å². The standard InChI is InChI=1S/C28H25Cl2NO5/c1-16-10-23-19(14-31(15-35-23)9-8-17-5-7-22(33-2)24(12-17)34-3)28-26(16)27(32)25(36-28)13-18-4-6-20(29)21(30)11-18/h4-7,10-13H,8-9,14-15H2,1-3H3/b25-13+. The van der Waals surface area contributed by atoms with Crippen LogP contribution < -0.4 is 18.9 Å². The summed E-state index contributed by atoms with van der Waals surface area (Å²) in [5.41, 5.74) is 4.14. The Kier molecular flexibility index (Phi) is 6.84. The third-order valence-electron chi connectivity index (χ3n) is 6.39. The molecule has 8 heteroatoms. The van der Waals surface area contributed by atoms with Gasteiger partial charge in [0, 0.05) is 13.1 Å². The molecule has 3 aromatic rings. The van der Waals surface area contributed by atoms with E-state index in [4.69, 9.17) is 42.1 Å². The maximum atomic E-state index is 13.2. The smallest absolute Gasteiger partial charge is 0.232 e. The first-order valence-corrected chi connectivity index (χ1v) is 12.3. The molecule has 0 saturated heterocycles. The average molecular weight is 526 g/mol. The minimum absolute atomic E-state index is 0.154. The number of carbonyl (C=O) groups is 1. The number of hydrogen-bond donors (Lipinski definition) is 0. The number of methoxy groups -OCH3 is 2. The fourth-order valence-corrected chi connectivity index (χ4v) is 4.80. The molecule has 0 atom stereocenters. The molecule has 0 radical (unpaired) electrons. The molecule has 0 aliphatic carbocycles. The molecule has 36 heavy (non-hydrogen) atoms. The lowest BCUT2D eigenvalue weighted by atomic mass is 9.98. The Bertz CT molecular complexity index is 1380. The van der Waals surface area contributed by atoms with E-state index in [1.807, 2.05) is 31.2 Å². The van der Waals surface area contributed by atoms with Crippen molar-refractivity contribution in [3.63, 3.8) is 0 Å². The SMILES string of the molecule is COc1ccc(CCN2COc3cc(C)c4c(c3C2)O/C(=C/c2ccc(Cl)c(Cl)c2)C4=O)cc1OC. The van der Waals surface area contributed by atoms with Crippen molar-refractivity contribution in [1.29, 1.82) is 0 Å². The van der Waals surface area contributed by atoms with Gasteiger partial charge in [-0.1, -0.05) is 35.3 Å². The van der Waals surface area contributed by atoms with Crippen LogP contribution >= 0.6 is 23.2 Å². The minimum atomic E-state index is -0.154. The number of aryl methyl sites for hydroxylation is 1. The number of hydrogen-bond acceptors (Lipinski definition) is 6. The van der Waals surface area contributed by atoms with Crippen molar-refractivity contribution in [3.8, 4) is 23.0 Å². The van der Waals surface area contributed by atoms with Gasteiger partial charge in [0.05, 0.1) is 35.4 Å². The van der Waals surface area contributed by atoms with Gasteiger partial charge in [0.2, 0.25) is 5.78 Å². The molecule has 2 heterocycles. The van der Waals surface area contributed by atoms with Crippen LogP contribution in [0.3, 0.4) is 0 Å². The summed E-state index contributed by atoms with van der Waals surface area (Å²) in [5, 5.41) is 0.872. The zero-order chi connectivity index (χ0) is 25.4. The molecule has 5 rings (SSSR count). The molecule has 0 amide bonds. The van der Waals surface area contributed by atoms with Crippen LogP contribution in [0.2, 0.25) is 10.0 Å². The van der Waals surface area contributed by atoms with Crippen molar-refractivity contribution in [2.75, 3.05) is 27.5 Å². The maximum Gasteiger partial charge on any atom is 0.232 e. The number of fused-ring (bicyclic) bond motifs is 3. The number of benzene rings is 3. The van der Waals surface area contributed by atoms with Gasteiger partial charge in [0.15, 0.2) is 17.3 Å². The molecule has 0 unspecified atom stereocenters. The summed E-state index contributed by atoms with van der Waals surface area (Å²) >= 11 is 12.2. The summed E-state index contributed by atoms with van der Waals surface area (Å²) in [5.74, 6) is 2.82. The number of ketones is 1. The van der Waals surface area contributed by atoms with Crippen LogP contribution in [0.4, 0.5) is 0 Å². The van der Waals surface area contributed by atoms with Gasteiger partial charge in [-0.15, -0.1) is 0 Å². The summed E-state index contributed by atoms with van der Waals surface area (Å²) in [4.78, 5) is 15.4. The van der Waals surface area contributed by atoms with E-state index in [1.54, 1.807) is 38.5 Å². The van der Waals surface area contributed by atoms with E-state index >= 15 is 0 Å². The highest BCUT2D eigenvalue weighted by atomic mass is 35.5. The quantitative estimate of drug-likeness (QED) is 0.350. The van der Waals surface area contributed by atoms with E-state index in [0.29, 0.717) is 46.1 Å². The third kappa shape index (κ3) is 4.64. The van der Waals surface area contributed by atoms with E-state index in [9.17, 15) is 4.79 Å². The summed E-state index contributed by atoms with van der Waals surface area (Å²) in [7, 11) is 3.25. The second-order valence-corrected chi connectivity index (χ2v) is 9.57. The second-order valence-electron chi connectivity index (χ2n) is 8.75. The van der Waals surface area contributed by atoms with Crippen LogP contribution in [0.1, 0.15) is 32.6 Å². The lowest BCUT2D eigenvalue weighted by Gasteiger charge is -2.30. The molecule has 2 aliphatic rings. The van der Waals surface area contributed by atoms with E-state index in [0.717, 1.165) is 41.0 Å². The summed E-state index contributed by atoms with van der Waals surface area (Å²) in [6.07, 6.45) is 2.49. The molecule has 0 bridgehead atoms. The molecule has 2 aliphatic heterocycles. The number of rotatable bonds is 6. The number of allylic oxidation sites excluding steroid dienone is 1. The van der Waals surface area contributed by atoms with Crippen LogP contribution in [0.5, 0.6) is 23.0 Å². The zero-order valence-corrected chi connectivity index (χ0v) is 21.7. The number of nitrogens with zero attached hydrogens (tertiary/aromatic N) is 1. The maximum absolute atomic E-state index is 13.2. The Morgan fingerprint density at radius 3 is 2.58 bits per heavy atom. The Morgan fingerprint density at radius 2 is 1.83 bits per heavy atom. The van der Waals surface area contributed by atoms with Crippen molar-refractivity contribution in [2.45, 2.75) is 19.9 Å². The van der Waals surface area contributed by atoms with Crippen molar-refractivity contribution < 1.29 is 23.7 Å². The van der Waals surface area contributed by atoms with E-state index in [-0.39, 0.29) is 11.5 Å². The van der Waals surface area contributed by atoms with E-state index in [1.165, 1.54) is 0 Å². The van der Waals surface area contributed by atoms with Crippen LogP contribution in [0, 0.1) is 6.92 Å². The molecule has 0 N–H and O–H groups in total. The van der Waals surface area contributed by atoms with Gasteiger partial charge in [0.25, 0.3) is 0 Å². The lowest BCUT2D eigenvalue weighted by molar-refractivity contribution is 0.0949. The van der Waals surface area contributed by atoms with Gasteiger partial charge in [-0.2, -0.15) is 0 Å². The minimum Gasteiger partial charge on any atom is -0.493 e. The summed E-state index contributed by atoms with van der Waals surface area (Å²) in [6.45, 7) is 3.73. The fourth-order valence-electron chi connectivity index (χ4n) is 4.50. The highest BCUT2D eigenvalue weighted by molar-refractivity contribution is 6.42. The molecule has 0 spiro atoms.